The van der Waals surface area contributed by atoms with Crippen LogP contribution in [-0.2, 0) is 11.4 Å². The molecule has 4 N–H and O–H groups in total. The predicted octanol–water partition coefficient (Wildman–Crippen LogP) is 1.66. The first-order chi connectivity index (χ1) is 12.9. The predicted molar refractivity (Wildman–Crippen MR) is 99.7 cm³/mol. The number of primary amides is 1. The zero-order valence-electron chi connectivity index (χ0n) is 14.8. The summed E-state index contributed by atoms with van der Waals surface area (Å²) in [7, 11) is 0. The SMILES string of the molecule is Cc1nc(COc2ccc3oc(C)c(C(=O)NC(CO)C(N)=O)c3c2)cs1. The van der Waals surface area contributed by atoms with Crippen LogP contribution >= 0.6 is 11.3 Å². The summed E-state index contributed by atoms with van der Waals surface area (Å²) in [6, 6.07) is 3.97. The van der Waals surface area contributed by atoms with E-state index in [-0.39, 0.29) is 5.56 Å². The number of aryl methyl sites for hydroxylation is 2. The number of nitrogens with two attached hydrogens (primary N) is 1. The Morgan fingerprint density at radius 1 is 1.41 bits per heavy atom. The van der Waals surface area contributed by atoms with E-state index in [2.05, 4.69) is 10.3 Å². The molecule has 0 saturated heterocycles. The van der Waals surface area contributed by atoms with Crippen molar-refractivity contribution < 1.29 is 23.8 Å². The van der Waals surface area contributed by atoms with Gasteiger partial charge in [0.05, 0.1) is 22.9 Å². The van der Waals surface area contributed by atoms with Gasteiger partial charge >= 0.3 is 0 Å². The number of rotatable bonds is 7. The van der Waals surface area contributed by atoms with Crippen LogP contribution in [0.2, 0.25) is 0 Å². The number of carbonyl (C=O) groups is 2. The standard InChI is InChI=1S/C18H19N3O5S/c1-9-16(18(24)21-14(6-22)17(19)23)13-5-12(3-4-15(13)26-9)25-7-11-8-27-10(2)20-11/h3-5,8,14,22H,6-7H2,1-2H3,(H2,19,23)(H,21,24). The molecule has 0 aliphatic carbocycles. The fourth-order valence-electron chi connectivity index (χ4n) is 2.64. The van der Waals surface area contributed by atoms with Gasteiger partial charge in [-0.3, -0.25) is 9.59 Å². The number of carbonyl (C=O) groups excluding carboxylic acids is 2. The molecule has 9 heteroatoms. The van der Waals surface area contributed by atoms with Crippen LogP contribution in [0.5, 0.6) is 5.75 Å². The van der Waals surface area contributed by atoms with Gasteiger partial charge in [-0.2, -0.15) is 0 Å². The van der Waals surface area contributed by atoms with Crippen molar-refractivity contribution >= 4 is 34.1 Å². The molecule has 0 radical (unpaired) electrons. The van der Waals surface area contributed by atoms with Crippen LogP contribution in [0.25, 0.3) is 11.0 Å². The number of aromatic nitrogens is 1. The molecule has 0 spiro atoms. The summed E-state index contributed by atoms with van der Waals surface area (Å²) in [5.74, 6) is -0.442. The first kappa shape index (κ1) is 18.9. The van der Waals surface area contributed by atoms with E-state index in [0.717, 1.165) is 10.7 Å². The highest BCUT2D eigenvalue weighted by Gasteiger charge is 2.23. The number of nitrogens with zero attached hydrogens (tertiary/aromatic N) is 1. The normalized spacial score (nSPS) is 12.1. The lowest BCUT2D eigenvalue weighted by Gasteiger charge is -2.12. The number of fused-ring (bicyclic) bond motifs is 1. The van der Waals surface area contributed by atoms with Gasteiger partial charge < -0.3 is 25.3 Å². The fourth-order valence-corrected chi connectivity index (χ4v) is 3.24. The van der Waals surface area contributed by atoms with Gasteiger partial charge in [-0.05, 0) is 32.0 Å². The first-order valence-electron chi connectivity index (χ1n) is 8.17. The van der Waals surface area contributed by atoms with Crippen molar-refractivity contribution in [3.63, 3.8) is 0 Å². The zero-order chi connectivity index (χ0) is 19.6. The highest BCUT2D eigenvalue weighted by atomic mass is 32.1. The van der Waals surface area contributed by atoms with Crippen molar-refractivity contribution in [2.24, 2.45) is 5.73 Å². The molecule has 142 valence electrons. The summed E-state index contributed by atoms with van der Waals surface area (Å²) in [5, 5.41) is 15.0. The van der Waals surface area contributed by atoms with Crippen LogP contribution in [0, 0.1) is 13.8 Å². The number of amides is 2. The Morgan fingerprint density at radius 3 is 2.81 bits per heavy atom. The largest absolute Gasteiger partial charge is 0.487 e. The Balaban J connectivity index is 1.85. The molecule has 0 bridgehead atoms. The van der Waals surface area contributed by atoms with E-state index in [0.29, 0.717) is 29.1 Å². The number of benzene rings is 1. The summed E-state index contributed by atoms with van der Waals surface area (Å²) >= 11 is 1.54. The number of furan rings is 1. The van der Waals surface area contributed by atoms with Crippen molar-refractivity contribution in [2.75, 3.05) is 6.61 Å². The molecule has 1 atom stereocenters. The lowest BCUT2D eigenvalue weighted by Crippen LogP contribution is -2.46. The van der Waals surface area contributed by atoms with E-state index in [4.69, 9.17) is 14.9 Å². The smallest absolute Gasteiger partial charge is 0.256 e. The molecule has 8 nitrogen and oxygen atoms in total. The Labute approximate surface area is 158 Å². The minimum Gasteiger partial charge on any atom is -0.487 e. The van der Waals surface area contributed by atoms with E-state index < -0.39 is 24.5 Å². The summed E-state index contributed by atoms with van der Waals surface area (Å²) in [6.45, 7) is 3.29. The minimum atomic E-state index is -1.17. The molecule has 2 heterocycles. The average Bonchev–Trinajstić information content (AvgIpc) is 3.19. The van der Waals surface area contributed by atoms with E-state index in [1.54, 1.807) is 36.5 Å². The average molecular weight is 389 g/mol. The van der Waals surface area contributed by atoms with Gasteiger partial charge in [0.1, 0.15) is 29.7 Å². The lowest BCUT2D eigenvalue weighted by atomic mass is 10.1. The monoisotopic (exact) mass is 389 g/mol. The summed E-state index contributed by atoms with van der Waals surface area (Å²) in [5.41, 5.74) is 6.76. The van der Waals surface area contributed by atoms with Crippen LogP contribution in [0.4, 0.5) is 0 Å². The molecule has 1 aromatic carbocycles. The van der Waals surface area contributed by atoms with Gasteiger partial charge in [-0.1, -0.05) is 0 Å². The van der Waals surface area contributed by atoms with Crippen molar-refractivity contribution in [1.29, 1.82) is 0 Å². The fraction of sp³-hybridized carbons (Fsp3) is 0.278. The second kappa shape index (κ2) is 7.77. The molecule has 1 unspecified atom stereocenters. The molecule has 0 aliphatic rings. The molecule has 3 aromatic rings. The number of hydrogen-bond donors (Lipinski definition) is 3. The van der Waals surface area contributed by atoms with E-state index in [9.17, 15) is 14.7 Å². The number of aliphatic hydroxyl groups excluding tert-OH is 1. The van der Waals surface area contributed by atoms with Crippen molar-refractivity contribution in [3.05, 3.63) is 45.6 Å². The lowest BCUT2D eigenvalue weighted by molar-refractivity contribution is -0.120. The Bertz CT molecular complexity index is 994. The Morgan fingerprint density at radius 2 is 2.19 bits per heavy atom. The van der Waals surface area contributed by atoms with Crippen LogP contribution in [-0.4, -0.2) is 34.6 Å². The number of aliphatic hydroxyl groups is 1. The molecule has 27 heavy (non-hydrogen) atoms. The number of hydrogen-bond acceptors (Lipinski definition) is 7. The van der Waals surface area contributed by atoms with Crippen molar-refractivity contribution in [2.45, 2.75) is 26.5 Å². The van der Waals surface area contributed by atoms with Gasteiger partial charge in [0.2, 0.25) is 5.91 Å². The van der Waals surface area contributed by atoms with Crippen LogP contribution in [0.1, 0.15) is 26.8 Å². The van der Waals surface area contributed by atoms with Gasteiger partial charge in [0, 0.05) is 10.8 Å². The molecule has 0 saturated carbocycles. The molecule has 0 fully saturated rings. The van der Waals surface area contributed by atoms with Crippen molar-refractivity contribution in [3.8, 4) is 5.75 Å². The molecular formula is C18H19N3O5S. The topological polar surface area (TPSA) is 128 Å². The second-order valence-electron chi connectivity index (χ2n) is 5.95. The zero-order valence-corrected chi connectivity index (χ0v) is 15.6. The maximum atomic E-state index is 12.6. The van der Waals surface area contributed by atoms with E-state index in [1.165, 1.54) is 0 Å². The first-order valence-corrected chi connectivity index (χ1v) is 9.05. The number of nitrogens with one attached hydrogen (secondary N) is 1. The summed E-state index contributed by atoms with van der Waals surface area (Å²) in [6.07, 6.45) is 0. The van der Waals surface area contributed by atoms with Gasteiger partial charge in [0.25, 0.3) is 5.91 Å². The van der Waals surface area contributed by atoms with Gasteiger partial charge in [-0.25, -0.2) is 4.98 Å². The number of ether oxygens (including phenoxy) is 1. The third kappa shape index (κ3) is 4.09. The molecule has 0 aliphatic heterocycles. The Hall–Kier alpha value is -2.91. The molecule has 2 amide bonds. The molecular weight excluding hydrogens is 370 g/mol. The molecule has 3 rings (SSSR count). The van der Waals surface area contributed by atoms with E-state index in [1.807, 2.05) is 12.3 Å². The summed E-state index contributed by atoms with van der Waals surface area (Å²) < 4.78 is 11.4. The third-order valence-corrected chi connectivity index (χ3v) is 4.77. The van der Waals surface area contributed by atoms with Crippen LogP contribution < -0.4 is 15.8 Å². The maximum Gasteiger partial charge on any atom is 0.256 e. The highest BCUT2D eigenvalue weighted by molar-refractivity contribution is 7.09. The van der Waals surface area contributed by atoms with Crippen LogP contribution in [0.15, 0.2) is 28.0 Å². The second-order valence-corrected chi connectivity index (χ2v) is 7.01. The quantitative estimate of drug-likeness (QED) is 0.564. The maximum absolute atomic E-state index is 12.6. The van der Waals surface area contributed by atoms with Gasteiger partial charge in [-0.15, -0.1) is 11.3 Å². The highest BCUT2D eigenvalue weighted by Crippen LogP contribution is 2.29. The van der Waals surface area contributed by atoms with Gasteiger partial charge in [0.15, 0.2) is 0 Å². The van der Waals surface area contributed by atoms with E-state index >= 15 is 0 Å². The number of thiazole rings is 1. The molecule has 2 aromatic heterocycles. The van der Waals surface area contributed by atoms with Crippen LogP contribution in [0.3, 0.4) is 0 Å². The Kier molecular flexibility index (Phi) is 5.43. The van der Waals surface area contributed by atoms with Crippen molar-refractivity contribution in [1.82, 2.24) is 10.3 Å². The minimum absolute atomic E-state index is 0.264. The third-order valence-electron chi connectivity index (χ3n) is 3.95. The summed E-state index contributed by atoms with van der Waals surface area (Å²) in [4.78, 5) is 28.2.